The lowest BCUT2D eigenvalue weighted by molar-refractivity contribution is -0.139. The lowest BCUT2D eigenvalue weighted by atomic mass is 9.93. The number of imide groups is 1. The highest BCUT2D eigenvalue weighted by Gasteiger charge is 2.50. The largest absolute Gasteiger partial charge is 0.344 e. The van der Waals surface area contributed by atoms with Crippen molar-refractivity contribution >= 4 is 17.8 Å². The van der Waals surface area contributed by atoms with Gasteiger partial charge < -0.3 is 5.32 Å². The zero-order valence-electron chi connectivity index (χ0n) is 13.3. The van der Waals surface area contributed by atoms with Gasteiger partial charge in [0.1, 0.15) is 5.54 Å². The highest BCUT2D eigenvalue weighted by atomic mass is 16.2. The number of nitrogens with one attached hydrogen (secondary N) is 2. The van der Waals surface area contributed by atoms with Crippen LogP contribution in [0.25, 0.3) is 0 Å². The zero-order valence-corrected chi connectivity index (χ0v) is 13.3. The first-order valence-corrected chi connectivity index (χ1v) is 7.92. The Balaban J connectivity index is 1.63. The molecule has 1 heterocycles. The molecule has 23 heavy (non-hydrogen) atoms. The normalized spacial score (nSPS) is 29.4. The molecule has 2 aliphatic rings. The minimum Gasteiger partial charge on any atom is -0.322 e. The van der Waals surface area contributed by atoms with E-state index < -0.39 is 17.5 Å². The van der Waals surface area contributed by atoms with Crippen LogP contribution in [0.15, 0.2) is 30.3 Å². The number of urea groups is 1. The molecule has 6 heteroatoms. The van der Waals surface area contributed by atoms with Gasteiger partial charge in [-0.1, -0.05) is 37.3 Å². The van der Waals surface area contributed by atoms with E-state index in [1.807, 2.05) is 37.3 Å². The van der Waals surface area contributed by atoms with Crippen molar-refractivity contribution in [1.29, 1.82) is 0 Å². The lowest BCUT2D eigenvalue weighted by Crippen LogP contribution is -2.49. The summed E-state index contributed by atoms with van der Waals surface area (Å²) in [7, 11) is 0. The lowest BCUT2D eigenvalue weighted by Gasteiger charge is -2.21. The van der Waals surface area contributed by atoms with Crippen LogP contribution >= 0.6 is 0 Å². The molecule has 0 aromatic heterocycles. The second-order valence-corrected chi connectivity index (χ2v) is 6.68. The van der Waals surface area contributed by atoms with Crippen LogP contribution in [0.2, 0.25) is 0 Å². The number of benzene rings is 1. The van der Waals surface area contributed by atoms with Crippen LogP contribution in [0.3, 0.4) is 0 Å². The van der Waals surface area contributed by atoms with Gasteiger partial charge in [-0.25, -0.2) is 4.79 Å². The quantitative estimate of drug-likeness (QED) is 0.810. The molecule has 1 saturated carbocycles. The van der Waals surface area contributed by atoms with E-state index in [-0.39, 0.29) is 11.8 Å². The van der Waals surface area contributed by atoms with E-state index >= 15 is 0 Å². The molecule has 1 aromatic carbocycles. The Hall–Kier alpha value is -2.37. The van der Waals surface area contributed by atoms with Crippen molar-refractivity contribution in [2.24, 2.45) is 11.8 Å². The number of rotatable bonds is 5. The van der Waals surface area contributed by atoms with Crippen LogP contribution in [0.5, 0.6) is 0 Å². The summed E-state index contributed by atoms with van der Waals surface area (Å²) < 4.78 is 0. The van der Waals surface area contributed by atoms with Crippen LogP contribution in [-0.2, 0) is 16.0 Å². The van der Waals surface area contributed by atoms with E-state index in [0.717, 1.165) is 17.0 Å². The Kier molecular flexibility index (Phi) is 3.83. The van der Waals surface area contributed by atoms with E-state index in [2.05, 4.69) is 10.7 Å². The summed E-state index contributed by atoms with van der Waals surface area (Å²) in [4.78, 5) is 36.6. The highest BCUT2D eigenvalue weighted by molar-refractivity contribution is 6.07. The Morgan fingerprint density at radius 2 is 2.00 bits per heavy atom. The van der Waals surface area contributed by atoms with Gasteiger partial charge in [-0.15, -0.1) is 0 Å². The van der Waals surface area contributed by atoms with Crippen LogP contribution in [0.4, 0.5) is 4.79 Å². The highest BCUT2D eigenvalue weighted by Crippen LogP contribution is 2.37. The summed E-state index contributed by atoms with van der Waals surface area (Å²) >= 11 is 0. The molecular weight excluding hydrogens is 294 g/mol. The molecule has 1 aromatic rings. The average Bonchev–Trinajstić information content (AvgIpc) is 3.23. The zero-order chi connectivity index (χ0) is 16.6. The second kappa shape index (κ2) is 5.68. The SMILES string of the molecule is CC1CC1C(=O)NN1C(=O)NC(C)(CCc2ccccc2)C1=O. The summed E-state index contributed by atoms with van der Waals surface area (Å²) in [5, 5.41) is 3.53. The maximum Gasteiger partial charge on any atom is 0.344 e. The first-order chi connectivity index (χ1) is 10.9. The molecule has 122 valence electrons. The summed E-state index contributed by atoms with van der Waals surface area (Å²) in [6.45, 7) is 3.67. The molecule has 1 aliphatic heterocycles. The van der Waals surface area contributed by atoms with E-state index in [1.165, 1.54) is 0 Å². The molecule has 6 nitrogen and oxygen atoms in total. The number of carbonyl (C=O) groups excluding carboxylic acids is 3. The number of carbonyl (C=O) groups is 3. The van der Waals surface area contributed by atoms with Crippen molar-refractivity contribution in [3.63, 3.8) is 0 Å². The fraction of sp³-hybridized carbons (Fsp3) is 0.471. The third kappa shape index (κ3) is 3.06. The standard InChI is InChI=1S/C17H21N3O3/c1-11-10-13(11)14(21)19-20-15(22)17(2,18-16(20)23)9-8-12-6-4-3-5-7-12/h3-7,11,13H,8-10H2,1-2H3,(H,18,23)(H,19,21). The van der Waals surface area contributed by atoms with E-state index in [9.17, 15) is 14.4 Å². The van der Waals surface area contributed by atoms with Crippen LogP contribution < -0.4 is 10.7 Å². The molecular formula is C17H21N3O3. The molecule has 1 aliphatic carbocycles. The Bertz CT molecular complexity index is 646. The first kappa shape index (κ1) is 15.5. The monoisotopic (exact) mass is 315 g/mol. The average molecular weight is 315 g/mol. The maximum absolute atomic E-state index is 12.5. The third-order valence-corrected chi connectivity index (χ3v) is 4.69. The van der Waals surface area contributed by atoms with Gasteiger partial charge in [0.05, 0.1) is 0 Å². The molecule has 0 radical (unpaired) electrons. The Morgan fingerprint density at radius 3 is 2.61 bits per heavy atom. The van der Waals surface area contributed by atoms with Crippen molar-refractivity contribution in [3.05, 3.63) is 35.9 Å². The fourth-order valence-electron chi connectivity index (χ4n) is 2.87. The van der Waals surface area contributed by atoms with Gasteiger partial charge in [-0.05, 0) is 37.7 Å². The fourth-order valence-corrected chi connectivity index (χ4v) is 2.87. The van der Waals surface area contributed by atoms with Crippen molar-refractivity contribution in [1.82, 2.24) is 15.8 Å². The molecule has 3 atom stereocenters. The second-order valence-electron chi connectivity index (χ2n) is 6.68. The molecule has 3 rings (SSSR count). The molecule has 4 amide bonds. The minimum absolute atomic E-state index is 0.0909. The molecule has 0 bridgehead atoms. The molecule has 1 saturated heterocycles. The Morgan fingerprint density at radius 1 is 1.35 bits per heavy atom. The predicted octanol–water partition coefficient (Wildman–Crippen LogP) is 1.62. The van der Waals surface area contributed by atoms with Crippen molar-refractivity contribution in [3.8, 4) is 0 Å². The molecule has 3 unspecified atom stereocenters. The van der Waals surface area contributed by atoms with Crippen LogP contribution in [0, 0.1) is 11.8 Å². The van der Waals surface area contributed by atoms with Gasteiger partial charge in [0.25, 0.3) is 5.91 Å². The summed E-state index contributed by atoms with van der Waals surface area (Å²) in [6.07, 6.45) is 1.96. The van der Waals surface area contributed by atoms with Crippen molar-refractivity contribution in [2.75, 3.05) is 0 Å². The molecule has 2 N–H and O–H groups in total. The topological polar surface area (TPSA) is 78.5 Å². The third-order valence-electron chi connectivity index (χ3n) is 4.69. The van der Waals surface area contributed by atoms with Gasteiger partial charge in [0.2, 0.25) is 5.91 Å². The van der Waals surface area contributed by atoms with E-state index in [4.69, 9.17) is 0 Å². The Labute approximate surface area is 135 Å². The number of amides is 4. The van der Waals surface area contributed by atoms with Gasteiger partial charge in [-0.3, -0.25) is 15.0 Å². The molecule has 2 fully saturated rings. The number of nitrogens with zero attached hydrogens (tertiary/aromatic N) is 1. The number of hydrazine groups is 1. The van der Waals surface area contributed by atoms with Gasteiger partial charge in [-0.2, -0.15) is 5.01 Å². The van der Waals surface area contributed by atoms with Gasteiger partial charge in [0.15, 0.2) is 0 Å². The van der Waals surface area contributed by atoms with E-state index in [1.54, 1.807) is 6.92 Å². The summed E-state index contributed by atoms with van der Waals surface area (Å²) in [5.41, 5.74) is 2.57. The van der Waals surface area contributed by atoms with Crippen molar-refractivity contribution in [2.45, 2.75) is 38.6 Å². The molecule has 0 spiro atoms. The number of hydrogen-bond donors (Lipinski definition) is 2. The van der Waals surface area contributed by atoms with Gasteiger partial charge in [0, 0.05) is 5.92 Å². The number of aryl methyl sites for hydroxylation is 1. The smallest absolute Gasteiger partial charge is 0.322 e. The van der Waals surface area contributed by atoms with Crippen LogP contribution in [-0.4, -0.2) is 28.4 Å². The van der Waals surface area contributed by atoms with E-state index in [0.29, 0.717) is 18.8 Å². The maximum atomic E-state index is 12.5. The summed E-state index contributed by atoms with van der Waals surface area (Å²) in [5.74, 6) is -0.430. The van der Waals surface area contributed by atoms with Crippen LogP contribution in [0.1, 0.15) is 32.3 Å². The minimum atomic E-state index is -0.991. The summed E-state index contributed by atoms with van der Waals surface area (Å²) in [6, 6.07) is 9.22. The number of hydrogen-bond acceptors (Lipinski definition) is 3. The van der Waals surface area contributed by atoms with Gasteiger partial charge >= 0.3 is 6.03 Å². The first-order valence-electron chi connectivity index (χ1n) is 7.92. The van der Waals surface area contributed by atoms with Crippen molar-refractivity contribution < 1.29 is 14.4 Å². The predicted molar refractivity (Wildman–Crippen MR) is 84.0 cm³/mol.